The van der Waals surface area contributed by atoms with Gasteiger partial charge in [-0.2, -0.15) is 0 Å². The number of esters is 2. The van der Waals surface area contributed by atoms with Crippen LogP contribution in [0.4, 0.5) is 0 Å². The van der Waals surface area contributed by atoms with Crippen LogP contribution in [0.1, 0.15) is 56.8 Å². The zero-order valence-corrected chi connectivity index (χ0v) is 15.3. The monoisotopic (exact) mass is 348 g/mol. The van der Waals surface area contributed by atoms with E-state index >= 15 is 0 Å². The maximum absolute atomic E-state index is 12.1. The molecule has 0 bridgehead atoms. The fourth-order valence-electron chi connectivity index (χ4n) is 2.71. The van der Waals surface area contributed by atoms with Gasteiger partial charge in [0.05, 0.1) is 18.1 Å². The normalized spacial score (nSPS) is 19.8. The van der Waals surface area contributed by atoms with Crippen molar-refractivity contribution in [2.75, 3.05) is 13.2 Å². The molecule has 2 atom stereocenters. The zero-order chi connectivity index (χ0) is 18.2. The molecular weight excluding hydrogens is 320 g/mol. The van der Waals surface area contributed by atoms with Gasteiger partial charge in [-0.1, -0.05) is 33.6 Å². The quantitative estimate of drug-likeness (QED) is 0.631. The molecule has 0 saturated carbocycles. The summed E-state index contributed by atoms with van der Waals surface area (Å²) in [4.78, 5) is 23.9. The van der Waals surface area contributed by atoms with Crippen LogP contribution in [-0.4, -0.2) is 31.3 Å². The highest BCUT2D eigenvalue weighted by Gasteiger charge is 2.34. The van der Waals surface area contributed by atoms with Crippen molar-refractivity contribution >= 4 is 11.9 Å². The molecule has 5 heteroatoms. The van der Waals surface area contributed by atoms with E-state index in [0.717, 1.165) is 25.0 Å². The van der Waals surface area contributed by atoms with E-state index in [-0.39, 0.29) is 24.6 Å². The van der Waals surface area contributed by atoms with Crippen LogP contribution >= 0.6 is 0 Å². The fourth-order valence-corrected chi connectivity index (χ4v) is 2.71. The average molecular weight is 348 g/mol. The molecule has 1 aromatic carbocycles. The molecule has 0 spiro atoms. The van der Waals surface area contributed by atoms with Gasteiger partial charge in [-0.3, -0.25) is 4.79 Å². The third-order valence-electron chi connectivity index (χ3n) is 4.14. The van der Waals surface area contributed by atoms with E-state index in [1.807, 2.05) is 0 Å². The highest BCUT2D eigenvalue weighted by atomic mass is 16.6. The van der Waals surface area contributed by atoms with Gasteiger partial charge in [0.15, 0.2) is 0 Å². The lowest BCUT2D eigenvalue weighted by Gasteiger charge is -2.11. The summed E-state index contributed by atoms with van der Waals surface area (Å²) in [5.74, 6) is 0.541. The number of hydrogen-bond acceptors (Lipinski definition) is 5. The topological polar surface area (TPSA) is 61.8 Å². The number of ether oxygens (including phenoxy) is 3. The smallest absolute Gasteiger partial charge is 0.338 e. The molecule has 0 amide bonds. The molecule has 0 unspecified atom stereocenters. The molecule has 0 N–H and O–H groups in total. The highest BCUT2D eigenvalue weighted by molar-refractivity contribution is 5.89. The summed E-state index contributed by atoms with van der Waals surface area (Å²) >= 11 is 0. The van der Waals surface area contributed by atoms with Crippen molar-refractivity contribution in [2.24, 2.45) is 11.8 Å². The molecule has 1 fully saturated rings. The van der Waals surface area contributed by atoms with E-state index in [2.05, 4.69) is 20.8 Å². The van der Waals surface area contributed by atoms with Crippen LogP contribution in [0.5, 0.6) is 5.75 Å². The van der Waals surface area contributed by atoms with E-state index < -0.39 is 5.97 Å². The molecular formula is C20H28O5. The summed E-state index contributed by atoms with van der Waals surface area (Å²) in [6.07, 6.45) is 3.22. The third kappa shape index (κ3) is 6.07. The lowest BCUT2D eigenvalue weighted by atomic mass is 9.99. The van der Waals surface area contributed by atoms with Gasteiger partial charge in [0.25, 0.3) is 0 Å². The highest BCUT2D eigenvalue weighted by Crippen LogP contribution is 2.26. The maximum atomic E-state index is 12.1. The number of cyclic esters (lactones) is 1. The van der Waals surface area contributed by atoms with Crippen molar-refractivity contribution in [3.05, 3.63) is 29.8 Å². The predicted octanol–water partition coefficient (Wildman–Crippen LogP) is 4.00. The Morgan fingerprint density at radius 3 is 2.64 bits per heavy atom. The Morgan fingerprint density at radius 2 is 2.00 bits per heavy atom. The second kappa shape index (κ2) is 9.44. The van der Waals surface area contributed by atoms with Gasteiger partial charge >= 0.3 is 11.9 Å². The van der Waals surface area contributed by atoms with Crippen molar-refractivity contribution in [2.45, 2.75) is 52.6 Å². The lowest BCUT2D eigenvalue weighted by molar-refractivity contribution is -0.145. The van der Waals surface area contributed by atoms with Crippen LogP contribution in [0.15, 0.2) is 24.3 Å². The van der Waals surface area contributed by atoms with Crippen molar-refractivity contribution in [3.8, 4) is 5.75 Å². The van der Waals surface area contributed by atoms with Crippen LogP contribution in [0.25, 0.3) is 0 Å². The second-order valence-electron chi connectivity index (χ2n) is 6.96. The first-order valence-electron chi connectivity index (χ1n) is 9.10. The Balaban J connectivity index is 1.77. The van der Waals surface area contributed by atoms with Gasteiger partial charge < -0.3 is 14.2 Å². The number of unbranched alkanes of at least 4 members (excludes halogenated alkanes) is 1. The van der Waals surface area contributed by atoms with Crippen LogP contribution in [-0.2, 0) is 14.3 Å². The number of hydrogen-bond donors (Lipinski definition) is 0. The minimum Gasteiger partial charge on any atom is -0.493 e. The molecule has 138 valence electrons. The minimum atomic E-state index is -0.413. The largest absolute Gasteiger partial charge is 0.493 e. The SMILES string of the molecule is CCCC[C@@H]1C[C@@H](COC(=O)c2ccc(OCC(C)C)cc2)OC1=O. The molecule has 1 aliphatic heterocycles. The van der Waals surface area contributed by atoms with Crippen molar-refractivity contribution in [1.29, 1.82) is 0 Å². The number of rotatable bonds is 9. The van der Waals surface area contributed by atoms with Crippen molar-refractivity contribution < 1.29 is 23.8 Å². The fraction of sp³-hybridized carbons (Fsp3) is 0.600. The molecule has 2 rings (SSSR count). The summed E-state index contributed by atoms with van der Waals surface area (Å²) in [7, 11) is 0. The summed E-state index contributed by atoms with van der Waals surface area (Å²) in [5.41, 5.74) is 0.462. The Labute approximate surface area is 149 Å². The Bertz CT molecular complexity index is 564. The molecule has 1 saturated heterocycles. The minimum absolute atomic E-state index is 0.0546. The van der Waals surface area contributed by atoms with Crippen molar-refractivity contribution in [3.63, 3.8) is 0 Å². The van der Waals surface area contributed by atoms with Gasteiger partial charge in [-0.25, -0.2) is 4.79 Å². The second-order valence-corrected chi connectivity index (χ2v) is 6.96. The van der Waals surface area contributed by atoms with Crippen LogP contribution in [0.2, 0.25) is 0 Å². The lowest BCUT2D eigenvalue weighted by Crippen LogP contribution is -2.18. The van der Waals surface area contributed by atoms with Gasteiger partial charge in [0.1, 0.15) is 18.5 Å². The van der Waals surface area contributed by atoms with E-state index in [9.17, 15) is 9.59 Å². The van der Waals surface area contributed by atoms with Gasteiger partial charge in [0, 0.05) is 6.42 Å². The molecule has 5 nitrogen and oxygen atoms in total. The summed E-state index contributed by atoms with van der Waals surface area (Å²) in [5, 5.41) is 0. The number of carbonyl (C=O) groups excluding carboxylic acids is 2. The van der Waals surface area contributed by atoms with E-state index in [0.29, 0.717) is 24.5 Å². The van der Waals surface area contributed by atoms with Gasteiger partial charge in [-0.15, -0.1) is 0 Å². The first-order valence-corrected chi connectivity index (χ1v) is 9.10. The predicted molar refractivity (Wildman–Crippen MR) is 94.6 cm³/mol. The maximum Gasteiger partial charge on any atom is 0.338 e. The van der Waals surface area contributed by atoms with Crippen LogP contribution in [0.3, 0.4) is 0 Å². The van der Waals surface area contributed by atoms with E-state index in [4.69, 9.17) is 14.2 Å². The van der Waals surface area contributed by atoms with Crippen LogP contribution in [0, 0.1) is 11.8 Å². The van der Waals surface area contributed by atoms with Crippen LogP contribution < -0.4 is 4.74 Å². The van der Waals surface area contributed by atoms with E-state index in [1.54, 1.807) is 24.3 Å². The standard InChI is InChI=1S/C20H28O5/c1-4-5-6-16-11-18(25-20(16)22)13-24-19(21)15-7-9-17(10-8-15)23-12-14(2)3/h7-10,14,16,18H,4-6,11-13H2,1-3H3/t16-,18+/m1/s1. The first-order chi connectivity index (χ1) is 12.0. The molecule has 0 aliphatic carbocycles. The third-order valence-corrected chi connectivity index (χ3v) is 4.14. The Kier molecular flexibility index (Phi) is 7.29. The Morgan fingerprint density at radius 1 is 1.28 bits per heavy atom. The molecule has 25 heavy (non-hydrogen) atoms. The first kappa shape index (κ1) is 19.3. The van der Waals surface area contributed by atoms with Gasteiger partial charge in [0.2, 0.25) is 0 Å². The molecule has 0 aromatic heterocycles. The zero-order valence-electron chi connectivity index (χ0n) is 15.3. The molecule has 1 aliphatic rings. The molecule has 0 radical (unpaired) electrons. The Hall–Kier alpha value is -2.04. The summed E-state index contributed by atoms with van der Waals surface area (Å²) in [6, 6.07) is 6.89. The number of carbonyl (C=O) groups is 2. The summed E-state index contributed by atoms with van der Waals surface area (Å²) in [6.45, 7) is 7.00. The summed E-state index contributed by atoms with van der Waals surface area (Å²) < 4.78 is 16.2. The van der Waals surface area contributed by atoms with Gasteiger partial charge in [-0.05, 0) is 36.6 Å². The average Bonchev–Trinajstić information content (AvgIpc) is 2.96. The van der Waals surface area contributed by atoms with Crippen molar-refractivity contribution in [1.82, 2.24) is 0 Å². The number of benzene rings is 1. The molecule has 1 aromatic rings. The van der Waals surface area contributed by atoms with E-state index in [1.165, 1.54) is 0 Å². The molecule has 1 heterocycles.